The molecule has 0 aliphatic carbocycles. The fourth-order valence-corrected chi connectivity index (χ4v) is 2.48. The lowest BCUT2D eigenvalue weighted by molar-refractivity contribution is 0.287. The number of benzene rings is 1. The summed E-state index contributed by atoms with van der Waals surface area (Å²) in [7, 11) is 0. The predicted octanol–water partition coefficient (Wildman–Crippen LogP) is 3.04. The first kappa shape index (κ1) is 16.9. The first-order valence-corrected chi connectivity index (χ1v) is 8.30. The highest BCUT2D eigenvalue weighted by Crippen LogP contribution is 2.16. The summed E-state index contributed by atoms with van der Waals surface area (Å²) in [5, 5.41) is 3.32. The maximum absolute atomic E-state index is 6.16. The van der Waals surface area contributed by atoms with Gasteiger partial charge in [-0.25, -0.2) is 0 Å². The Morgan fingerprint density at radius 1 is 0.960 bits per heavy atom. The fraction of sp³-hybridized carbons (Fsp3) is 0.200. The van der Waals surface area contributed by atoms with E-state index in [-0.39, 0.29) is 6.04 Å². The van der Waals surface area contributed by atoms with Gasteiger partial charge in [-0.15, -0.1) is 0 Å². The first-order valence-electron chi connectivity index (χ1n) is 8.30. The van der Waals surface area contributed by atoms with Gasteiger partial charge in [-0.3, -0.25) is 9.97 Å². The van der Waals surface area contributed by atoms with Crippen LogP contribution in [0.4, 0.5) is 5.69 Å². The van der Waals surface area contributed by atoms with Crippen LogP contribution in [0.2, 0.25) is 0 Å². The van der Waals surface area contributed by atoms with Crippen LogP contribution in [0.5, 0.6) is 5.75 Å². The second-order valence-electron chi connectivity index (χ2n) is 5.88. The molecule has 0 unspecified atom stereocenters. The number of nitrogens with two attached hydrogens (primary N) is 1. The molecule has 0 aliphatic rings. The topological polar surface area (TPSA) is 73.1 Å². The maximum atomic E-state index is 6.16. The van der Waals surface area contributed by atoms with Crippen LogP contribution in [-0.4, -0.2) is 22.6 Å². The van der Waals surface area contributed by atoms with Crippen LogP contribution in [0.3, 0.4) is 0 Å². The third-order valence-electron chi connectivity index (χ3n) is 3.74. The van der Waals surface area contributed by atoms with Crippen molar-refractivity contribution in [1.29, 1.82) is 0 Å². The van der Waals surface area contributed by atoms with Crippen molar-refractivity contribution in [3.63, 3.8) is 0 Å². The molecule has 3 rings (SSSR count). The highest BCUT2D eigenvalue weighted by Gasteiger charge is 2.06. The van der Waals surface area contributed by atoms with Crippen molar-refractivity contribution in [2.45, 2.75) is 19.0 Å². The molecule has 128 valence electrons. The third kappa shape index (κ3) is 5.58. The quantitative estimate of drug-likeness (QED) is 0.662. The molecule has 1 atom stereocenters. The van der Waals surface area contributed by atoms with Crippen molar-refractivity contribution in [2.24, 2.45) is 5.73 Å². The zero-order chi connectivity index (χ0) is 17.3. The Balaban J connectivity index is 1.49. The summed E-state index contributed by atoms with van der Waals surface area (Å²) in [4.78, 5) is 8.32. The van der Waals surface area contributed by atoms with Gasteiger partial charge in [0, 0.05) is 31.0 Å². The molecular formula is C20H22N4O. The van der Waals surface area contributed by atoms with Gasteiger partial charge in [0.25, 0.3) is 0 Å². The molecule has 3 aromatic rings. The van der Waals surface area contributed by atoms with E-state index in [1.54, 1.807) is 18.6 Å². The third-order valence-corrected chi connectivity index (χ3v) is 3.74. The second kappa shape index (κ2) is 8.80. The average molecular weight is 334 g/mol. The lowest BCUT2D eigenvalue weighted by Gasteiger charge is -2.14. The lowest BCUT2D eigenvalue weighted by Crippen LogP contribution is -2.30. The van der Waals surface area contributed by atoms with E-state index < -0.39 is 0 Å². The number of anilines is 1. The van der Waals surface area contributed by atoms with Crippen LogP contribution in [0.25, 0.3) is 0 Å². The monoisotopic (exact) mass is 334 g/mol. The largest absolute Gasteiger partial charge is 0.490 e. The molecule has 2 aromatic heterocycles. The second-order valence-corrected chi connectivity index (χ2v) is 5.88. The Morgan fingerprint density at radius 2 is 1.80 bits per heavy atom. The van der Waals surface area contributed by atoms with Gasteiger partial charge < -0.3 is 15.8 Å². The van der Waals surface area contributed by atoms with Crippen LogP contribution < -0.4 is 15.8 Å². The minimum Gasteiger partial charge on any atom is -0.490 e. The van der Waals surface area contributed by atoms with Crippen LogP contribution in [0.15, 0.2) is 73.3 Å². The van der Waals surface area contributed by atoms with Gasteiger partial charge >= 0.3 is 0 Å². The van der Waals surface area contributed by atoms with Crippen molar-refractivity contribution in [3.05, 3.63) is 84.4 Å². The van der Waals surface area contributed by atoms with Crippen LogP contribution in [-0.2, 0) is 13.0 Å². The fourth-order valence-electron chi connectivity index (χ4n) is 2.48. The molecule has 0 saturated heterocycles. The number of pyridine rings is 2. The molecule has 5 heteroatoms. The molecule has 3 N–H and O–H groups in total. The highest BCUT2D eigenvalue weighted by molar-refractivity contribution is 5.45. The Morgan fingerprint density at radius 3 is 2.60 bits per heavy atom. The predicted molar refractivity (Wildman–Crippen MR) is 99.4 cm³/mol. The van der Waals surface area contributed by atoms with E-state index in [9.17, 15) is 0 Å². The lowest BCUT2D eigenvalue weighted by atomic mass is 10.1. The standard InChI is InChI=1S/C20H22N4O/c21-18(9-16-5-2-1-3-6-16)15-25-20-10-19(13-23-14-20)24-12-17-7-4-8-22-11-17/h1-8,10-11,13-14,18,24H,9,12,15,21H2/t18-/m0/s1. The van der Waals surface area contributed by atoms with Crippen LogP contribution in [0.1, 0.15) is 11.1 Å². The number of hydrogen-bond acceptors (Lipinski definition) is 5. The van der Waals surface area contributed by atoms with E-state index in [1.165, 1.54) is 5.56 Å². The Bertz CT molecular complexity index is 765. The minimum absolute atomic E-state index is 0.0607. The van der Waals surface area contributed by atoms with E-state index >= 15 is 0 Å². The molecule has 25 heavy (non-hydrogen) atoms. The summed E-state index contributed by atoms with van der Waals surface area (Å²) in [5.74, 6) is 0.708. The smallest absolute Gasteiger partial charge is 0.139 e. The molecule has 0 amide bonds. The number of ether oxygens (including phenoxy) is 1. The van der Waals surface area contributed by atoms with Gasteiger partial charge in [0.2, 0.25) is 0 Å². The van der Waals surface area contributed by atoms with Crippen LogP contribution >= 0.6 is 0 Å². The van der Waals surface area contributed by atoms with Crippen molar-refractivity contribution in [1.82, 2.24) is 9.97 Å². The van der Waals surface area contributed by atoms with Crippen molar-refractivity contribution >= 4 is 5.69 Å². The van der Waals surface area contributed by atoms with Crippen molar-refractivity contribution < 1.29 is 4.74 Å². The Labute approximate surface area is 147 Å². The van der Waals surface area contributed by atoms with Crippen LogP contribution in [0, 0.1) is 0 Å². The zero-order valence-electron chi connectivity index (χ0n) is 14.0. The molecule has 0 fully saturated rings. The van der Waals surface area contributed by atoms with Gasteiger partial charge in [-0.05, 0) is 23.6 Å². The van der Waals surface area contributed by atoms with E-state index in [0.29, 0.717) is 18.9 Å². The summed E-state index contributed by atoms with van der Waals surface area (Å²) in [5.41, 5.74) is 9.38. The number of nitrogens with zero attached hydrogens (tertiary/aromatic N) is 2. The van der Waals surface area contributed by atoms with Gasteiger partial charge in [0.05, 0.1) is 18.1 Å². The number of aromatic nitrogens is 2. The first-order chi connectivity index (χ1) is 12.3. The maximum Gasteiger partial charge on any atom is 0.139 e. The SMILES string of the molecule is N[C@H](COc1cncc(NCc2cccnc2)c1)Cc1ccccc1. The van der Waals surface area contributed by atoms with Gasteiger partial charge in [0.15, 0.2) is 0 Å². The number of hydrogen-bond donors (Lipinski definition) is 2. The Kier molecular flexibility index (Phi) is 5.96. The minimum atomic E-state index is -0.0607. The summed E-state index contributed by atoms with van der Waals surface area (Å²) in [6.07, 6.45) is 7.85. The molecule has 5 nitrogen and oxygen atoms in total. The molecule has 0 radical (unpaired) electrons. The van der Waals surface area contributed by atoms with E-state index in [2.05, 4.69) is 27.4 Å². The van der Waals surface area contributed by atoms with Gasteiger partial charge in [0.1, 0.15) is 12.4 Å². The summed E-state index contributed by atoms with van der Waals surface area (Å²) in [6.45, 7) is 1.13. The van der Waals surface area contributed by atoms with Gasteiger partial charge in [-0.1, -0.05) is 36.4 Å². The van der Waals surface area contributed by atoms with Gasteiger partial charge in [-0.2, -0.15) is 0 Å². The molecule has 0 saturated carbocycles. The highest BCUT2D eigenvalue weighted by atomic mass is 16.5. The molecule has 0 aliphatic heterocycles. The molecular weight excluding hydrogens is 312 g/mol. The molecule has 1 aromatic carbocycles. The van der Waals surface area contributed by atoms with E-state index in [1.807, 2.05) is 42.6 Å². The van der Waals surface area contributed by atoms with Crippen molar-refractivity contribution in [2.75, 3.05) is 11.9 Å². The normalized spacial score (nSPS) is 11.7. The molecule has 2 heterocycles. The summed E-state index contributed by atoms with van der Waals surface area (Å²) in [6, 6.07) is 16.0. The zero-order valence-corrected chi connectivity index (χ0v) is 14.0. The van der Waals surface area contributed by atoms with E-state index in [4.69, 9.17) is 10.5 Å². The number of rotatable bonds is 8. The van der Waals surface area contributed by atoms with E-state index in [0.717, 1.165) is 17.7 Å². The van der Waals surface area contributed by atoms with Crippen molar-refractivity contribution in [3.8, 4) is 5.75 Å². The summed E-state index contributed by atoms with van der Waals surface area (Å²) < 4.78 is 5.79. The average Bonchev–Trinajstić information content (AvgIpc) is 2.67. The Hall–Kier alpha value is -2.92. The molecule has 0 spiro atoms. The summed E-state index contributed by atoms with van der Waals surface area (Å²) >= 11 is 0. The molecule has 0 bridgehead atoms. The number of nitrogens with one attached hydrogen (secondary N) is 1.